The van der Waals surface area contributed by atoms with E-state index in [0.29, 0.717) is 45.9 Å². The third-order valence-corrected chi connectivity index (χ3v) is 14.3. The summed E-state index contributed by atoms with van der Waals surface area (Å²) < 4.78 is 25.3. The molecular formula is C54H87N7O6. The van der Waals surface area contributed by atoms with Crippen molar-refractivity contribution in [2.75, 3.05) is 78.3 Å². The topological polar surface area (TPSA) is 123 Å². The first kappa shape index (κ1) is 53.9. The zero-order valence-corrected chi connectivity index (χ0v) is 43.5. The van der Waals surface area contributed by atoms with Crippen LogP contribution < -0.4 is 15.6 Å². The predicted octanol–water partition coefficient (Wildman–Crippen LogP) is 9.25. The lowest BCUT2D eigenvalue weighted by Crippen LogP contribution is -2.65. The fraction of sp³-hybridized carbons (Fsp3) is 0.685. The Kier molecular flexibility index (Phi) is 20.1. The minimum absolute atomic E-state index is 0.0535. The summed E-state index contributed by atoms with van der Waals surface area (Å²) in [6.07, 6.45) is 9.16. The number of hydrogen-bond donors (Lipinski definition) is 2. The summed E-state index contributed by atoms with van der Waals surface area (Å²) in [6, 6.07) is 8.60. The Bertz CT molecular complexity index is 2060. The molecule has 5 atom stereocenters. The van der Waals surface area contributed by atoms with Gasteiger partial charge in [0.05, 0.1) is 49.4 Å². The number of methoxy groups -OCH3 is 2. The molecule has 67 heavy (non-hydrogen) atoms. The minimum atomic E-state index is -0.344. The first-order chi connectivity index (χ1) is 32.1. The van der Waals surface area contributed by atoms with Crippen molar-refractivity contribution in [2.45, 2.75) is 151 Å². The molecule has 2 fully saturated rings. The van der Waals surface area contributed by atoms with Crippen molar-refractivity contribution < 1.29 is 28.5 Å². The van der Waals surface area contributed by atoms with Gasteiger partial charge in [0.25, 0.3) is 6.47 Å². The number of hydrogen-bond acceptors (Lipinski definition) is 11. The number of fused-ring (bicyclic) bond motifs is 1. The van der Waals surface area contributed by atoms with Gasteiger partial charge in [-0.3, -0.25) is 19.5 Å². The maximum atomic E-state index is 15.0. The molecule has 3 aromatic rings. The normalized spacial score (nSPS) is 19.0. The number of benzene rings is 1. The van der Waals surface area contributed by atoms with Gasteiger partial charge in [0.2, 0.25) is 5.91 Å². The van der Waals surface area contributed by atoms with Crippen LogP contribution in [0.15, 0.2) is 42.7 Å². The number of aryl methyl sites for hydroxylation is 2. The van der Waals surface area contributed by atoms with Crippen LogP contribution in [0.25, 0.3) is 22.2 Å². The number of anilines is 1. The summed E-state index contributed by atoms with van der Waals surface area (Å²) in [5, 5.41) is 7.08. The molecule has 0 saturated carbocycles. The lowest BCUT2D eigenvalue weighted by atomic mass is 9.84. The second-order valence-electron chi connectivity index (χ2n) is 20.6. The van der Waals surface area contributed by atoms with E-state index in [2.05, 4.69) is 124 Å². The highest BCUT2D eigenvalue weighted by molar-refractivity contribution is 5.94. The lowest BCUT2D eigenvalue weighted by molar-refractivity contribution is -0.142. The second kappa shape index (κ2) is 25.0. The standard InChI is InChI=1S/C54H87N7O6/c1-14-19-42(48(40(7)61-26-18-17-24-56-61)57-52(63)50(38(4)5)60-28-30-66-36-54(60,11)23-29-64-12)22-27-58(25-15-2)43-20-21-47-44(32-43)46(33-53(9,10)35-67-37-62)51(59(47)16-3)45-31-39(6)34-55-49(45)41(8)65-13/h20-21,31-32,34,37-38,41-42,48,50,56H,7,14-19,22-30,33,35-36H2,1-6,8-13H3,(H,57,63). The molecule has 1 amide bonds. The molecule has 0 aliphatic carbocycles. The summed E-state index contributed by atoms with van der Waals surface area (Å²) in [5.74, 6) is 0.273. The molecule has 2 saturated heterocycles. The molecule has 0 spiro atoms. The van der Waals surface area contributed by atoms with Gasteiger partial charge in [0.1, 0.15) is 0 Å². The molecule has 0 bridgehead atoms. The van der Waals surface area contributed by atoms with Crippen LogP contribution in [-0.4, -0.2) is 123 Å². The van der Waals surface area contributed by atoms with Gasteiger partial charge in [-0.1, -0.05) is 54.5 Å². The number of pyridine rings is 1. The monoisotopic (exact) mass is 930 g/mol. The number of nitrogens with one attached hydrogen (secondary N) is 2. The Morgan fingerprint density at radius 1 is 1.09 bits per heavy atom. The molecule has 13 heteroatoms. The van der Waals surface area contributed by atoms with E-state index in [9.17, 15) is 4.79 Å². The third kappa shape index (κ3) is 13.2. The Hall–Kier alpha value is -4.01. The van der Waals surface area contributed by atoms with Crippen LogP contribution in [-0.2, 0) is 41.5 Å². The van der Waals surface area contributed by atoms with Gasteiger partial charge in [-0.15, -0.1) is 0 Å². The van der Waals surface area contributed by atoms with Crippen LogP contribution in [0, 0.1) is 24.2 Å². The zero-order chi connectivity index (χ0) is 48.9. The largest absolute Gasteiger partial charge is 0.467 e. The van der Waals surface area contributed by atoms with E-state index in [1.807, 2.05) is 6.20 Å². The van der Waals surface area contributed by atoms with Gasteiger partial charge in [-0.05, 0) is 120 Å². The van der Waals surface area contributed by atoms with Gasteiger partial charge in [-0.2, -0.15) is 0 Å². The molecule has 1 aromatic carbocycles. The van der Waals surface area contributed by atoms with Crippen LogP contribution in [0.1, 0.15) is 130 Å². The van der Waals surface area contributed by atoms with E-state index >= 15 is 4.79 Å². The van der Waals surface area contributed by atoms with Gasteiger partial charge in [0.15, 0.2) is 0 Å². The van der Waals surface area contributed by atoms with Crippen molar-refractivity contribution in [3.8, 4) is 11.3 Å². The van der Waals surface area contributed by atoms with Crippen LogP contribution in [0.3, 0.4) is 0 Å². The second-order valence-corrected chi connectivity index (χ2v) is 20.6. The van der Waals surface area contributed by atoms with Crippen molar-refractivity contribution in [3.63, 3.8) is 0 Å². The maximum absolute atomic E-state index is 15.0. The van der Waals surface area contributed by atoms with E-state index < -0.39 is 0 Å². The highest BCUT2D eigenvalue weighted by Gasteiger charge is 2.44. The molecule has 0 radical (unpaired) electrons. The number of aromatic nitrogens is 2. The first-order valence-electron chi connectivity index (χ1n) is 25.4. The van der Waals surface area contributed by atoms with Gasteiger partial charge < -0.3 is 38.7 Å². The average Bonchev–Trinajstić information content (AvgIpc) is 3.62. The van der Waals surface area contributed by atoms with Gasteiger partial charge >= 0.3 is 0 Å². The fourth-order valence-electron chi connectivity index (χ4n) is 10.7. The lowest BCUT2D eigenvalue weighted by Gasteiger charge is -2.49. The Balaban J connectivity index is 1.56. The number of morpholine rings is 1. The van der Waals surface area contributed by atoms with E-state index in [1.165, 1.54) is 16.6 Å². The molecule has 4 heterocycles. The smallest absolute Gasteiger partial charge is 0.293 e. The number of amides is 1. The number of rotatable bonds is 27. The van der Waals surface area contributed by atoms with Gasteiger partial charge in [0, 0.05) is 105 Å². The molecule has 2 aliphatic rings. The van der Waals surface area contributed by atoms with Crippen LogP contribution in [0.2, 0.25) is 0 Å². The van der Waals surface area contributed by atoms with Crippen molar-refractivity contribution >= 4 is 29.0 Å². The van der Waals surface area contributed by atoms with Crippen LogP contribution >= 0.6 is 0 Å². The van der Waals surface area contributed by atoms with Crippen LogP contribution in [0.4, 0.5) is 5.69 Å². The molecular weight excluding hydrogens is 843 g/mol. The van der Waals surface area contributed by atoms with E-state index in [-0.39, 0.29) is 46.9 Å². The molecule has 5 unspecified atom stereocenters. The number of hydrazine groups is 1. The van der Waals surface area contributed by atoms with Crippen molar-refractivity contribution in [3.05, 3.63) is 59.6 Å². The summed E-state index contributed by atoms with van der Waals surface area (Å²) in [7, 11) is 3.47. The first-order valence-corrected chi connectivity index (χ1v) is 25.4. The van der Waals surface area contributed by atoms with E-state index in [4.69, 9.17) is 30.5 Å². The summed E-state index contributed by atoms with van der Waals surface area (Å²) in [4.78, 5) is 36.4. The van der Waals surface area contributed by atoms with Crippen molar-refractivity contribution in [2.24, 2.45) is 17.3 Å². The van der Waals surface area contributed by atoms with Gasteiger partial charge in [-0.25, -0.2) is 5.43 Å². The van der Waals surface area contributed by atoms with E-state index in [0.717, 1.165) is 111 Å². The molecule has 2 aromatic heterocycles. The van der Waals surface area contributed by atoms with Crippen molar-refractivity contribution in [1.29, 1.82) is 0 Å². The Morgan fingerprint density at radius 2 is 1.87 bits per heavy atom. The fourth-order valence-corrected chi connectivity index (χ4v) is 10.7. The van der Waals surface area contributed by atoms with Crippen LogP contribution in [0.5, 0.6) is 0 Å². The maximum Gasteiger partial charge on any atom is 0.293 e. The molecule has 2 aliphatic heterocycles. The molecule has 2 N–H and O–H groups in total. The Labute approximate surface area is 403 Å². The summed E-state index contributed by atoms with van der Waals surface area (Å²) in [5.41, 5.74) is 11.6. The molecule has 374 valence electrons. The number of ether oxygens (including phenoxy) is 4. The average molecular weight is 930 g/mol. The number of carbonyl (C=O) groups is 2. The van der Waals surface area contributed by atoms with Crippen molar-refractivity contribution in [1.82, 2.24) is 30.2 Å². The zero-order valence-electron chi connectivity index (χ0n) is 43.5. The third-order valence-electron chi connectivity index (χ3n) is 14.3. The SMILES string of the molecule is C=C(C(NC(=O)C(C(C)C)N1CCOCC1(C)CCOC)C(CCC)CCN(CCC)c1ccc2c(c1)c(CC(C)(C)COC=O)c(-c1cc(C)cnc1C(C)OC)n2CC)N1CCCCN1. The predicted molar refractivity (Wildman–Crippen MR) is 272 cm³/mol. The quantitative estimate of drug-likeness (QED) is 0.0712. The molecule has 5 rings (SSSR count). The summed E-state index contributed by atoms with van der Waals surface area (Å²) >= 11 is 0. The Morgan fingerprint density at radius 3 is 2.51 bits per heavy atom. The summed E-state index contributed by atoms with van der Waals surface area (Å²) in [6.45, 7) is 34.0. The van der Waals surface area contributed by atoms with E-state index in [1.54, 1.807) is 14.2 Å². The molecule has 13 nitrogen and oxygen atoms in total. The highest BCUT2D eigenvalue weighted by Crippen LogP contribution is 2.42. The highest BCUT2D eigenvalue weighted by atomic mass is 16.5. The minimum Gasteiger partial charge on any atom is -0.467 e. The number of carbonyl (C=O) groups excluding carboxylic acids is 2. The number of nitrogens with zero attached hydrogens (tertiary/aromatic N) is 5.